The van der Waals surface area contributed by atoms with Crippen molar-refractivity contribution in [2.75, 3.05) is 32.9 Å². The van der Waals surface area contributed by atoms with Crippen LogP contribution in [0.15, 0.2) is 12.2 Å². The minimum atomic E-state index is -0.332. The maximum absolute atomic E-state index is 11.2. The highest BCUT2D eigenvalue weighted by Gasteiger charge is 2.05. The largest absolute Gasteiger partial charge is 0.463 e. The average Bonchev–Trinajstić information content (AvgIpc) is 2.28. The molecule has 0 fully saturated rings. The van der Waals surface area contributed by atoms with Crippen LogP contribution in [-0.4, -0.2) is 38.9 Å². The van der Waals surface area contributed by atoms with Gasteiger partial charge in [-0.05, 0) is 13.3 Å². The van der Waals surface area contributed by atoms with Crippen LogP contribution in [0.4, 0.5) is 0 Å². The second-order valence-electron chi connectivity index (χ2n) is 3.47. The van der Waals surface area contributed by atoms with Gasteiger partial charge >= 0.3 is 5.97 Å². The minimum Gasteiger partial charge on any atom is -0.463 e. The molecule has 0 bridgehead atoms. The molecule has 0 aliphatic rings. The summed E-state index contributed by atoms with van der Waals surface area (Å²) in [6.07, 6.45) is 2.24. The third kappa shape index (κ3) is 8.44. The third-order valence-corrected chi connectivity index (χ3v) is 1.97. The van der Waals surface area contributed by atoms with Crippen molar-refractivity contribution in [3.63, 3.8) is 0 Å². The molecule has 16 heavy (non-hydrogen) atoms. The average molecular weight is 229 g/mol. The first-order valence-electron chi connectivity index (χ1n) is 5.85. The molecule has 0 radical (unpaired) electrons. The van der Waals surface area contributed by atoms with E-state index in [2.05, 4.69) is 18.8 Å². The Hall–Kier alpha value is -0.870. The number of esters is 1. The Morgan fingerprint density at radius 2 is 2.06 bits per heavy atom. The van der Waals surface area contributed by atoms with E-state index in [0.717, 1.165) is 26.0 Å². The van der Waals surface area contributed by atoms with Gasteiger partial charge in [-0.1, -0.05) is 19.9 Å². The quantitative estimate of drug-likeness (QED) is 0.350. The molecular formula is C12H23NO3. The lowest BCUT2D eigenvalue weighted by molar-refractivity contribution is -0.138. The molecule has 4 nitrogen and oxygen atoms in total. The first-order valence-corrected chi connectivity index (χ1v) is 5.85. The summed E-state index contributed by atoms with van der Waals surface area (Å²) in [4.78, 5) is 11.2. The van der Waals surface area contributed by atoms with Crippen LogP contribution < -0.4 is 5.32 Å². The number of ether oxygens (including phenoxy) is 2. The predicted octanol–water partition coefficient (Wildman–Crippen LogP) is 1.51. The molecule has 0 amide bonds. The third-order valence-electron chi connectivity index (χ3n) is 1.97. The highest BCUT2D eigenvalue weighted by molar-refractivity contribution is 5.88. The Morgan fingerprint density at radius 1 is 1.31 bits per heavy atom. The Kier molecular flexibility index (Phi) is 10.1. The van der Waals surface area contributed by atoms with Gasteiger partial charge in [0.1, 0.15) is 0 Å². The first-order chi connectivity index (χ1) is 7.72. The highest BCUT2D eigenvalue weighted by Crippen LogP contribution is 1.92. The standard InChI is InChI=1S/C12H23NO3/c1-4-6-8-15-9-7-13-10-11(3)12(14)16-5-2/h13H,3-10H2,1-2H3. The van der Waals surface area contributed by atoms with Crippen LogP contribution in [0, 0.1) is 0 Å². The van der Waals surface area contributed by atoms with E-state index in [-0.39, 0.29) is 5.97 Å². The Balaban J connectivity index is 3.31. The predicted molar refractivity (Wildman–Crippen MR) is 64.4 cm³/mol. The van der Waals surface area contributed by atoms with Gasteiger partial charge in [-0.25, -0.2) is 4.79 Å². The second kappa shape index (κ2) is 10.6. The number of carbonyl (C=O) groups is 1. The summed E-state index contributed by atoms with van der Waals surface area (Å²) in [5.74, 6) is -0.332. The summed E-state index contributed by atoms with van der Waals surface area (Å²) in [6, 6.07) is 0. The van der Waals surface area contributed by atoms with E-state index >= 15 is 0 Å². The number of rotatable bonds is 10. The lowest BCUT2D eigenvalue weighted by Gasteiger charge is -2.07. The van der Waals surface area contributed by atoms with Crippen molar-refractivity contribution in [3.05, 3.63) is 12.2 Å². The molecule has 0 spiro atoms. The van der Waals surface area contributed by atoms with Crippen molar-refractivity contribution < 1.29 is 14.3 Å². The Morgan fingerprint density at radius 3 is 2.69 bits per heavy atom. The van der Waals surface area contributed by atoms with E-state index in [0.29, 0.717) is 25.3 Å². The van der Waals surface area contributed by atoms with Gasteiger partial charge in [-0.15, -0.1) is 0 Å². The van der Waals surface area contributed by atoms with Gasteiger partial charge in [0.15, 0.2) is 0 Å². The zero-order valence-corrected chi connectivity index (χ0v) is 10.4. The van der Waals surface area contributed by atoms with Gasteiger partial charge in [0.05, 0.1) is 13.2 Å². The number of nitrogens with one attached hydrogen (secondary N) is 1. The molecule has 0 atom stereocenters. The first kappa shape index (κ1) is 15.1. The summed E-state index contributed by atoms with van der Waals surface area (Å²) < 4.78 is 10.2. The monoisotopic (exact) mass is 229 g/mol. The SMILES string of the molecule is C=C(CNCCOCCCC)C(=O)OCC. The molecule has 4 heteroatoms. The lowest BCUT2D eigenvalue weighted by atomic mass is 10.3. The molecule has 94 valence electrons. The van der Waals surface area contributed by atoms with Crippen LogP contribution in [0.25, 0.3) is 0 Å². The maximum Gasteiger partial charge on any atom is 0.334 e. The Labute approximate surface area is 98.0 Å². The molecule has 0 aromatic carbocycles. The lowest BCUT2D eigenvalue weighted by Crippen LogP contribution is -2.25. The van der Waals surface area contributed by atoms with E-state index in [9.17, 15) is 4.79 Å². The van der Waals surface area contributed by atoms with Gasteiger partial charge in [-0.3, -0.25) is 0 Å². The zero-order valence-electron chi connectivity index (χ0n) is 10.4. The topological polar surface area (TPSA) is 47.6 Å². The molecule has 0 aromatic heterocycles. The van der Waals surface area contributed by atoms with Crippen molar-refractivity contribution >= 4 is 5.97 Å². The summed E-state index contributed by atoms with van der Waals surface area (Å²) in [5.41, 5.74) is 0.454. The highest BCUT2D eigenvalue weighted by atomic mass is 16.5. The van der Waals surface area contributed by atoms with Crippen LogP contribution in [0.5, 0.6) is 0 Å². The van der Waals surface area contributed by atoms with Gasteiger partial charge in [0.25, 0.3) is 0 Å². The van der Waals surface area contributed by atoms with Crippen LogP contribution in [0.1, 0.15) is 26.7 Å². The molecule has 0 unspecified atom stereocenters. The molecule has 0 saturated carbocycles. The molecule has 0 saturated heterocycles. The van der Waals surface area contributed by atoms with Gasteiger partial charge in [0.2, 0.25) is 0 Å². The summed E-state index contributed by atoms with van der Waals surface area (Å²) in [6.45, 7) is 10.6. The number of unbranched alkanes of at least 4 members (excludes halogenated alkanes) is 1. The van der Waals surface area contributed by atoms with E-state index in [1.54, 1.807) is 6.92 Å². The van der Waals surface area contributed by atoms with Crippen molar-refractivity contribution in [3.8, 4) is 0 Å². The zero-order chi connectivity index (χ0) is 12.2. The van der Waals surface area contributed by atoms with Gasteiger partial charge in [-0.2, -0.15) is 0 Å². The van der Waals surface area contributed by atoms with Crippen molar-refractivity contribution in [2.24, 2.45) is 0 Å². The van der Waals surface area contributed by atoms with Crippen LogP contribution in [-0.2, 0) is 14.3 Å². The second-order valence-corrected chi connectivity index (χ2v) is 3.47. The fourth-order valence-corrected chi connectivity index (χ4v) is 1.04. The normalized spacial score (nSPS) is 10.1. The van der Waals surface area contributed by atoms with Crippen molar-refractivity contribution in [2.45, 2.75) is 26.7 Å². The molecule has 0 rings (SSSR count). The molecular weight excluding hydrogens is 206 g/mol. The number of hydrogen-bond donors (Lipinski definition) is 1. The molecule has 0 aliphatic carbocycles. The van der Waals surface area contributed by atoms with E-state index in [1.165, 1.54) is 0 Å². The van der Waals surface area contributed by atoms with E-state index in [4.69, 9.17) is 9.47 Å². The van der Waals surface area contributed by atoms with Gasteiger partial charge in [0, 0.05) is 25.3 Å². The maximum atomic E-state index is 11.2. The number of carbonyl (C=O) groups excluding carboxylic acids is 1. The van der Waals surface area contributed by atoms with Crippen LogP contribution >= 0.6 is 0 Å². The summed E-state index contributed by atoms with van der Waals surface area (Å²) in [7, 11) is 0. The summed E-state index contributed by atoms with van der Waals surface area (Å²) in [5, 5.41) is 3.08. The van der Waals surface area contributed by atoms with Crippen LogP contribution in [0.3, 0.4) is 0 Å². The Bertz CT molecular complexity index is 204. The van der Waals surface area contributed by atoms with Crippen LogP contribution in [0.2, 0.25) is 0 Å². The van der Waals surface area contributed by atoms with Crippen molar-refractivity contribution in [1.82, 2.24) is 5.32 Å². The fourth-order valence-electron chi connectivity index (χ4n) is 1.04. The minimum absolute atomic E-state index is 0.332. The fraction of sp³-hybridized carbons (Fsp3) is 0.750. The molecule has 0 aromatic rings. The van der Waals surface area contributed by atoms with Gasteiger partial charge < -0.3 is 14.8 Å². The van der Waals surface area contributed by atoms with E-state index < -0.39 is 0 Å². The van der Waals surface area contributed by atoms with Crippen molar-refractivity contribution in [1.29, 1.82) is 0 Å². The smallest absolute Gasteiger partial charge is 0.334 e. The molecule has 0 heterocycles. The molecule has 1 N–H and O–H groups in total. The van der Waals surface area contributed by atoms with E-state index in [1.807, 2.05) is 0 Å². The number of hydrogen-bond acceptors (Lipinski definition) is 4. The summed E-state index contributed by atoms with van der Waals surface area (Å²) >= 11 is 0. The molecule has 0 aliphatic heterocycles.